The molecule has 1 unspecified atom stereocenters. The first-order valence-electron chi connectivity index (χ1n) is 10.4. The molecule has 23 heavy (non-hydrogen) atoms. The number of hydrogen-bond acceptors (Lipinski definition) is 5. The third-order valence-electron chi connectivity index (χ3n) is 6.09. The van der Waals surface area contributed by atoms with Crippen molar-refractivity contribution >= 4 is 5.78 Å². The van der Waals surface area contributed by atoms with Gasteiger partial charge in [-0.1, -0.05) is 6.07 Å². The molecule has 2 fully saturated rings. The van der Waals surface area contributed by atoms with Crippen LogP contribution < -0.4 is 9.47 Å². The van der Waals surface area contributed by atoms with Gasteiger partial charge in [-0.25, -0.2) is 0 Å². The molecular weight excluding hydrogens is 294 g/mol. The Balaban J connectivity index is 1.88. The molecule has 0 radical (unpaired) electrons. The molecule has 4 aliphatic rings. The summed E-state index contributed by atoms with van der Waals surface area (Å²) in [5.74, 6) is 0.519. The Bertz CT molecular complexity index is 903. The van der Waals surface area contributed by atoms with Crippen molar-refractivity contribution in [3.8, 4) is 11.5 Å². The molecule has 1 saturated carbocycles. The number of ether oxygens (including phenoxy) is 2. The minimum atomic E-state index is -2.57. The molecule has 1 aromatic carbocycles. The lowest BCUT2D eigenvalue weighted by atomic mass is 9.49. The van der Waals surface area contributed by atoms with E-state index >= 15 is 0 Å². The molecule has 1 saturated heterocycles. The molecular formula is C18H21NO4. The predicted octanol–water partition coefficient (Wildman–Crippen LogP) is 1.05. The van der Waals surface area contributed by atoms with E-state index in [2.05, 4.69) is 0 Å². The quantitative estimate of drug-likeness (QED) is 0.838. The zero-order chi connectivity index (χ0) is 20.3. The Kier molecular flexibility index (Phi) is 1.71. The van der Waals surface area contributed by atoms with E-state index in [-0.39, 0.29) is 37.2 Å². The molecule has 5 nitrogen and oxygen atoms in total. The number of likely N-dealkylation sites (N-methyl/N-ethyl adjacent to an activating group) is 1. The van der Waals surface area contributed by atoms with Gasteiger partial charge >= 0.3 is 0 Å². The van der Waals surface area contributed by atoms with Gasteiger partial charge in [0.2, 0.25) is 0 Å². The number of carbonyl (C=O) groups is 1. The number of benzene rings is 1. The average Bonchev–Trinajstić information content (AvgIpc) is 2.96. The van der Waals surface area contributed by atoms with Crippen molar-refractivity contribution in [3.05, 3.63) is 23.3 Å². The smallest absolute Gasteiger partial charge is 0.174 e. The molecule has 2 aliphatic heterocycles. The Morgan fingerprint density at radius 3 is 3.17 bits per heavy atom. The van der Waals surface area contributed by atoms with Gasteiger partial charge < -0.3 is 19.5 Å². The van der Waals surface area contributed by atoms with Crippen LogP contribution in [0.4, 0.5) is 0 Å². The van der Waals surface area contributed by atoms with E-state index in [9.17, 15) is 9.90 Å². The number of carbonyl (C=O) groups excluding carboxylic acids is 1. The van der Waals surface area contributed by atoms with Crippen LogP contribution in [0.2, 0.25) is 0 Å². The number of nitrogens with zero attached hydrogens (tertiary/aromatic N) is 1. The van der Waals surface area contributed by atoms with Crippen LogP contribution in [0.5, 0.6) is 11.5 Å². The number of rotatable bonds is 1. The molecule has 1 N–H and O–H groups in total. The summed E-state index contributed by atoms with van der Waals surface area (Å²) in [4.78, 5) is 13.9. The summed E-state index contributed by atoms with van der Waals surface area (Å²) in [5, 5.41) is 12.0. The van der Waals surface area contributed by atoms with Gasteiger partial charge in [-0.2, -0.15) is 0 Å². The zero-order valence-electron chi connectivity index (χ0n) is 17.8. The van der Waals surface area contributed by atoms with Crippen molar-refractivity contribution in [1.82, 2.24) is 4.90 Å². The van der Waals surface area contributed by atoms with Crippen molar-refractivity contribution in [3.63, 3.8) is 0 Å². The van der Waals surface area contributed by atoms with Crippen LogP contribution >= 0.6 is 0 Å². The third kappa shape index (κ3) is 1.32. The van der Waals surface area contributed by atoms with Gasteiger partial charge in [0.25, 0.3) is 0 Å². The average molecular weight is 320 g/mol. The zero-order valence-corrected chi connectivity index (χ0v) is 12.8. The van der Waals surface area contributed by atoms with Gasteiger partial charge in [-0.05, 0) is 44.4 Å². The maximum Gasteiger partial charge on any atom is 0.174 e. The molecule has 1 spiro atoms. The van der Waals surface area contributed by atoms with Crippen molar-refractivity contribution in [2.75, 3.05) is 20.6 Å². The summed E-state index contributed by atoms with van der Waals surface area (Å²) in [5.41, 5.74) is -2.17. The second-order valence-electron chi connectivity index (χ2n) is 6.87. The fourth-order valence-corrected chi connectivity index (χ4v) is 5.09. The van der Waals surface area contributed by atoms with Gasteiger partial charge in [0.1, 0.15) is 0 Å². The standard InChI is InChI=1S/C18H21NO4/c1-19-8-7-17-14-10-3-4-12(22-2)15(14)23-16(17)11(20)5-6-18(17,21)13(19)9-10/h3-4,13,16,21H,5-9H2,1-2H3/t13-,16?,17+,18-/m1/s1/i1D3,9D2. The van der Waals surface area contributed by atoms with E-state index in [1.807, 2.05) is 0 Å². The first-order chi connectivity index (χ1) is 13.0. The summed E-state index contributed by atoms with van der Waals surface area (Å²) in [6, 6.07) is 1.83. The number of hydrogen-bond donors (Lipinski definition) is 1. The fourth-order valence-electron chi connectivity index (χ4n) is 5.09. The lowest BCUT2D eigenvalue weighted by Gasteiger charge is -2.62. The maximum atomic E-state index is 12.8. The Hall–Kier alpha value is -1.59. The topological polar surface area (TPSA) is 59.0 Å². The lowest BCUT2D eigenvalue weighted by Crippen LogP contribution is -2.76. The summed E-state index contributed by atoms with van der Waals surface area (Å²) >= 11 is 0. The lowest BCUT2D eigenvalue weighted by molar-refractivity contribution is -0.185. The summed E-state index contributed by atoms with van der Waals surface area (Å²) < 4.78 is 53.0. The molecule has 2 bridgehead atoms. The second kappa shape index (κ2) is 4.08. The van der Waals surface area contributed by atoms with Crippen molar-refractivity contribution in [1.29, 1.82) is 0 Å². The normalized spacial score (nSPS) is 46.5. The number of methoxy groups -OCH3 is 1. The Morgan fingerprint density at radius 1 is 1.52 bits per heavy atom. The molecule has 2 aliphatic carbocycles. The maximum absolute atomic E-state index is 12.8. The van der Waals surface area contributed by atoms with Gasteiger partial charge in [-0.3, -0.25) is 4.79 Å². The summed E-state index contributed by atoms with van der Waals surface area (Å²) in [6.07, 6.45) is -2.91. The molecule has 5 rings (SSSR count). The van der Waals surface area contributed by atoms with E-state index in [0.717, 1.165) is 4.90 Å². The number of likely N-dealkylation sites (tertiary alicyclic amines) is 1. The monoisotopic (exact) mass is 320 g/mol. The molecule has 0 aromatic heterocycles. The number of aliphatic hydroxyl groups is 1. The van der Waals surface area contributed by atoms with Crippen LogP contribution in [0.25, 0.3) is 0 Å². The minimum absolute atomic E-state index is 0.00145. The highest BCUT2D eigenvalue weighted by molar-refractivity contribution is 5.90. The highest BCUT2D eigenvalue weighted by Crippen LogP contribution is 2.64. The molecule has 0 amide bonds. The van der Waals surface area contributed by atoms with E-state index in [4.69, 9.17) is 16.3 Å². The van der Waals surface area contributed by atoms with Gasteiger partial charge in [0.15, 0.2) is 23.4 Å². The number of piperidine rings is 1. The predicted molar refractivity (Wildman–Crippen MR) is 83.0 cm³/mol. The molecule has 2 heterocycles. The van der Waals surface area contributed by atoms with E-state index < -0.39 is 36.5 Å². The Morgan fingerprint density at radius 2 is 2.39 bits per heavy atom. The van der Waals surface area contributed by atoms with Gasteiger partial charge in [0, 0.05) is 24.9 Å². The van der Waals surface area contributed by atoms with Crippen LogP contribution in [0, 0.1) is 0 Å². The highest BCUT2D eigenvalue weighted by Gasteiger charge is 2.72. The van der Waals surface area contributed by atoms with Crippen molar-refractivity contribution in [2.45, 2.75) is 48.8 Å². The first-order valence-corrected chi connectivity index (χ1v) is 7.90. The largest absolute Gasteiger partial charge is 0.493 e. The fraction of sp³-hybridized carbons (Fsp3) is 0.611. The first kappa shape index (κ1) is 9.64. The van der Waals surface area contributed by atoms with Crippen LogP contribution in [0.3, 0.4) is 0 Å². The van der Waals surface area contributed by atoms with Crippen molar-refractivity contribution in [2.24, 2.45) is 0 Å². The highest BCUT2D eigenvalue weighted by atomic mass is 16.5. The molecule has 122 valence electrons. The molecule has 1 aromatic rings. The molecule has 5 heteroatoms. The summed E-state index contributed by atoms with van der Waals surface area (Å²) in [6.45, 7) is -2.54. The molecule has 4 atom stereocenters. The van der Waals surface area contributed by atoms with Crippen LogP contribution in [-0.4, -0.2) is 54.2 Å². The summed E-state index contributed by atoms with van der Waals surface area (Å²) in [7, 11) is 1.47. The van der Waals surface area contributed by atoms with Crippen LogP contribution in [0.15, 0.2) is 12.1 Å². The number of ketones is 1. The Labute approximate surface area is 142 Å². The van der Waals surface area contributed by atoms with Crippen molar-refractivity contribution < 1.29 is 26.2 Å². The van der Waals surface area contributed by atoms with E-state index in [1.54, 1.807) is 12.1 Å². The van der Waals surface area contributed by atoms with Crippen LogP contribution in [0.1, 0.15) is 37.2 Å². The SMILES string of the molecule is [2H]C1([2H])c2ccc(OC)c3c2[C@]24CCN(C([2H])([2H])[2H])[C@H]1[C@]2(O)CCC(=O)C4O3. The minimum Gasteiger partial charge on any atom is -0.493 e. The van der Waals surface area contributed by atoms with E-state index in [0.29, 0.717) is 17.1 Å². The second-order valence-corrected chi connectivity index (χ2v) is 6.87. The number of Topliss-reactive ketones (excluding diaryl/α,β-unsaturated/α-hetero) is 1. The van der Waals surface area contributed by atoms with Crippen LogP contribution in [-0.2, 0) is 16.6 Å². The third-order valence-corrected chi connectivity index (χ3v) is 6.09. The van der Waals surface area contributed by atoms with E-state index in [1.165, 1.54) is 7.11 Å². The van der Waals surface area contributed by atoms with Gasteiger partial charge in [0.05, 0.1) is 18.1 Å². The van der Waals surface area contributed by atoms with Gasteiger partial charge in [-0.15, -0.1) is 0 Å².